The first-order valence-electron chi connectivity index (χ1n) is 6.99. The molecule has 106 valence electrons. The van der Waals surface area contributed by atoms with Gasteiger partial charge in [0.25, 0.3) is 0 Å². The minimum atomic E-state index is 0.266. The predicted octanol–water partition coefficient (Wildman–Crippen LogP) is 4.79. The van der Waals surface area contributed by atoms with Crippen LogP contribution in [0.15, 0.2) is 36.4 Å². The Morgan fingerprint density at radius 1 is 1.00 bits per heavy atom. The van der Waals surface area contributed by atoms with Crippen LogP contribution in [0, 0.1) is 20.8 Å². The molecule has 0 amide bonds. The number of methoxy groups -OCH3 is 1. The second-order valence-corrected chi connectivity index (χ2v) is 5.41. The zero-order valence-electron chi connectivity index (χ0n) is 12.9. The zero-order valence-corrected chi connectivity index (χ0v) is 12.9. The van der Waals surface area contributed by atoms with Gasteiger partial charge in [-0.2, -0.15) is 0 Å². The Hall–Kier alpha value is -1.96. The van der Waals surface area contributed by atoms with Gasteiger partial charge in [0.2, 0.25) is 0 Å². The first-order chi connectivity index (χ1) is 9.51. The molecule has 0 heterocycles. The highest BCUT2D eigenvalue weighted by Gasteiger charge is 2.12. The normalized spacial score (nSPS) is 12.1. The van der Waals surface area contributed by atoms with E-state index in [0.717, 1.165) is 11.4 Å². The van der Waals surface area contributed by atoms with Crippen molar-refractivity contribution in [3.05, 3.63) is 58.7 Å². The number of anilines is 1. The Kier molecular flexibility index (Phi) is 4.33. The van der Waals surface area contributed by atoms with Crippen molar-refractivity contribution >= 4 is 5.69 Å². The second kappa shape index (κ2) is 6.00. The molecule has 0 spiro atoms. The van der Waals surface area contributed by atoms with Crippen molar-refractivity contribution in [3.63, 3.8) is 0 Å². The average Bonchev–Trinajstić information content (AvgIpc) is 2.37. The number of hydrogen-bond donors (Lipinski definition) is 1. The van der Waals surface area contributed by atoms with E-state index in [0.29, 0.717) is 0 Å². The molecule has 2 rings (SSSR count). The largest absolute Gasteiger partial charge is 0.497 e. The number of aryl methyl sites for hydroxylation is 3. The van der Waals surface area contributed by atoms with Gasteiger partial charge in [0.1, 0.15) is 5.75 Å². The molecule has 2 nitrogen and oxygen atoms in total. The van der Waals surface area contributed by atoms with Crippen LogP contribution in [0.3, 0.4) is 0 Å². The van der Waals surface area contributed by atoms with Crippen molar-refractivity contribution < 1.29 is 4.74 Å². The molecule has 0 bridgehead atoms. The third-order valence-electron chi connectivity index (χ3n) is 3.62. The topological polar surface area (TPSA) is 21.3 Å². The highest BCUT2D eigenvalue weighted by Crippen LogP contribution is 2.27. The van der Waals surface area contributed by atoms with Gasteiger partial charge in [-0.15, -0.1) is 0 Å². The molecule has 0 aromatic heterocycles. The van der Waals surface area contributed by atoms with Gasteiger partial charge in [-0.1, -0.05) is 23.8 Å². The fraction of sp³-hybridized carbons (Fsp3) is 0.333. The molecule has 1 N–H and O–H groups in total. The lowest BCUT2D eigenvalue weighted by molar-refractivity contribution is 0.415. The lowest BCUT2D eigenvalue weighted by Crippen LogP contribution is -2.10. The van der Waals surface area contributed by atoms with Crippen molar-refractivity contribution in [2.75, 3.05) is 12.4 Å². The third kappa shape index (κ3) is 3.13. The van der Waals surface area contributed by atoms with Crippen molar-refractivity contribution in [3.8, 4) is 5.75 Å². The smallest absolute Gasteiger partial charge is 0.120 e. The number of hydrogen-bond acceptors (Lipinski definition) is 2. The average molecular weight is 269 g/mol. The Bertz CT molecular complexity index is 581. The highest BCUT2D eigenvalue weighted by atomic mass is 16.5. The van der Waals surface area contributed by atoms with Crippen LogP contribution in [0.2, 0.25) is 0 Å². The first kappa shape index (κ1) is 14.4. The van der Waals surface area contributed by atoms with E-state index in [1.165, 1.54) is 22.3 Å². The molecule has 0 radical (unpaired) electrons. The quantitative estimate of drug-likeness (QED) is 0.861. The Balaban J connectivity index is 2.26. The molecular formula is C18H23NO. The number of nitrogens with one attached hydrogen (secondary N) is 1. The van der Waals surface area contributed by atoms with Crippen LogP contribution >= 0.6 is 0 Å². The summed E-state index contributed by atoms with van der Waals surface area (Å²) in [5, 5.41) is 3.55. The number of rotatable bonds is 4. The number of benzene rings is 2. The van der Waals surface area contributed by atoms with Gasteiger partial charge in [-0.05, 0) is 56.5 Å². The standard InChI is InChI=1S/C18H23NO/c1-12-9-13(2)18(14(3)10-12)15(4)19-16-7-6-8-17(11-16)20-5/h6-11,15,19H,1-5H3. The zero-order chi connectivity index (χ0) is 14.7. The summed E-state index contributed by atoms with van der Waals surface area (Å²) in [5.74, 6) is 0.875. The van der Waals surface area contributed by atoms with Gasteiger partial charge in [-0.25, -0.2) is 0 Å². The maximum Gasteiger partial charge on any atom is 0.120 e. The predicted molar refractivity (Wildman–Crippen MR) is 85.7 cm³/mol. The van der Waals surface area contributed by atoms with Crippen LogP contribution in [0.25, 0.3) is 0 Å². The van der Waals surface area contributed by atoms with Crippen LogP contribution < -0.4 is 10.1 Å². The minimum Gasteiger partial charge on any atom is -0.497 e. The molecule has 1 unspecified atom stereocenters. The van der Waals surface area contributed by atoms with E-state index in [9.17, 15) is 0 Å². The van der Waals surface area contributed by atoms with E-state index in [4.69, 9.17) is 4.74 Å². The summed E-state index contributed by atoms with van der Waals surface area (Å²) >= 11 is 0. The van der Waals surface area contributed by atoms with E-state index in [1.54, 1.807) is 7.11 Å². The molecule has 0 aliphatic carbocycles. The molecule has 2 aromatic rings. The molecule has 0 aliphatic rings. The first-order valence-corrected chi connectivity index (χ1v) is 6.99. The summed E-state index contributed by atoms with van der Waals surface area (Å²) in [7, 11) is 1.69. The minimum absolute atomic E-state index is 0.266. The van der Waals surface area contributed by atoms with E-state index in [2.05, 4.69) is 51.2 Å². The van der Waals surface area contributed by atoms with Crippen molar-refractivity contribution in [1.29, 1.82) is 0 Å². The van der Waals surface area contributed by atoms with Crippen molar-refractivity contribution in [2.45, 2.75) is 33.7 Å². The monoisotopic (exact) mass is 269 g/mol. The van der Waals surface area contributed by atoms with Gasteiger partial charge < -0.3 is 10.1 Å². The van der Waals surface area contributed by atoms with Crippen LogP contribution in [0.5, 0.6) is 5.75 Å². The van der Waals surface area contributed by atoms with E-state index in [-0.39, 0.29) is 6.04 Å². The number of ether oxygens (including phenoxy) is 1. The summed E-state index contributed by atoms with van der Waals surface area (Å²) < 4.78 is 5.27. The highest BCUT2D eigenvalue weighted by molar-refractivity contribution is 5.51. The summed E-state index contributed by atoms with van der Waals surface area (Å²) in [6.07, 6.45) is 0. The van der Waals surface area contributed by atoms with E-state index >= 15 is 0 Å². The Morgan fingerprint density at radius 2 is 1.65 bits per heavy atom. The molecule has 0 saturated heterocycles. The lowest BCUT2D eigenvalue weighted by atomic mass is 9.95. The maximum atomic E-state index is 5.27. The summed E-state index contributed by atoms with van der Waals surface area (Å²) in [6.45, 7) is 8.70. The molecule has 0 saturated carbocycles. The van der Waals surface area contributed by atoms with E-state index in [1.807, 2.05) is 18.2 Å². The van der Waals surface area contributed by atoms with Crippen LogP contribution in [-0.2, 0) is 0 Å². The Morgan fingerprint density at radius 3 is 2.25 bits per heavy atom. The van der Waals surface area contributed by atoms with E-state index < -0.39 is 0 Å². The van der Waals surface area contributed by atoms with Gasteiger partial charge >= 0.3 is 0 Å². The molecule has 0 aliphatic heterocycles. The summed E-state index contributed by atoms with van der Waals surface area (Å²) in [6, 6.07) is 12.8. The van der Waals surface area contributed by atoms with Crippen LogP contribution in [0.4, 0.5) is 5.69 Å². The van der Waals surface area contributed by atoms with Gasteiger partial charge in [0.05, 0.1) is 7.11 Å². The lowest BCUT2D eigenvalue weighted by Gasteiger charge is -2.21. The van der Waals surface area contributed by atoms with Crippen LogP contribution in [-0.4, -0.2) is 7.11 Å². The third-order valence-corrected chi connectivity index (χ3v) is 3.62. The van der Waals surface area contributed by atoms with Crippen LogP contribution in [0.1, 0.15) is 35.2 Å². The maximum absolute atomic E-state index is 5.27. The molecule has 2 heteroatoms. The Labute approximate surface area is 121 Å². The summed E-state index contributed by atoms with van der Waals surface area (Å²) in [5.41, 5.74) is 6.45. The molecule has 0 fully saturated rings. The molecule has 2 aromatic carbocycles. The molecule has 20 heavy (non-hydrogen) atoms. The summed E-state index contributed by atoms with van der Waals surface area (Å²) in [4.78, 5) is 0. The second-order valence-electron chi connectivity index (χ2n) is 5.41. The van der Waals surface area contributed by atoms with Gasteiger partial charge in [0.15, 0.2) is 0 Å². The fourth-order valence-corrected chi connectivity index (χ4v) is 2.91. The molecule has 1 atom stereocenters. The molecular weight excluding hydrogens is 246 g/mol. The van der Waals surface area contributed by atoms with Crippen molar-refractivity contribution in [2.24, 2.45) is 0 Å². The van der Waals surface area contributed by atoms with Gasteiger partial charge in [0, 0.05) is 17.8 Å². The fourth-order valence-electron chi connectivity index (χ4n) is 2.91. The SMILES string of the molecule is COc1cccc(NC(C)c2c(C)cc(C)cc2C)c1. The van der Waals surface area contributed by atoms with Gasteiger partial charge in [-0.3, -0.25) is 0 Å². The van der Waals surface area contributed by atoms with Crippen molar-refractivity contribution in [1.82, 2.24) is 0 Å².